The molecule has 2 fully saturated rings. The van der Waals surface area contributed by atoms with Crippen molar-refractivity contribution in [2.75, 3.05) is 50.5 Å². The summed E-state index contributed by atoms with van der Waals surface area (Å²) in [4.78, 5) is 39.9. The number of carbonyl (C=O) groups is 2. The van der Waals surface area contributed by atoms with Crippen LogP contribution in [-0.4, -0.2) is 79.3 Å². The molecule has 2 heterocycles. The summed E-state index contributed by atoms with van der Waals surface area (Å²) in [6, 6.07) is 19.5. The molecule has 0 aliphatic carbocycles. The molecule has 0 N–H and O–H groups in total. The molecule has 3 aromatic rings. The Balaban J connectivity index is 1.08. The van der Waals surface area contributed by atoms with Gasteiger partial charge in [0.15, 0.2) is 0 Å². The van der Waals surface area contributed by atoms with Gasteiger partial charge in [0.25, 0.3) is 16.8 Å². The number of nitrogens with zero attached hydrogens (tertiary/aromatic N) is 4. The Bertz CT molecular complexity index is 1670. The van der Waals surface area contributed by atoms with E-state index in [0.717, 1.165) is 49.1 Å². The highest BCUT2D eigenvalue weighted by atomic mass is 32.2. The van der Waals surface area contributed by atoms with E-state index >= 15 is 0 Å². The number of nitro groups is 1. The number of unbranched alkanes of at least 4 members (excludes halogenated alkanes) is 1. The molecule has 0 spiro atoms. The van der Waals surface area contributed by atoms with Gasteiger partial charge in [0.05, 0.1) is 28.4 Å². The van der Waals surface area contributed by atoms with Crippen LogP contribution in [0.1, 0.15) is 18.4 Å². The molecule has 236 valence electrons. The van der Waals surface area contributed by atoms with E-state index in [1.165, 1.54) is 34.8 Å². The molecule has 2 amide bonds. The maximum Gasteiger partial charge on any atom is 0.298 e. The Labute approximate surface area is 265 Å². The number of anilines is 1. The van der Waals surface area contributed by atoms with Crippen molar-refractivity contribution < 1.29 is 32.4 Å². The van der Waals surface area contributed by atoms with Crippen LogP contribution in [0.15, 0.2) is 77.7 Å². The van der Waals surface area contributed by atoms with Crippen molar-refractivity contribution in [3.63, 3.8) is 0 Å². The van der Waals surface area contributed by atoms with Gasteiger partial charge in [0.1, 0.15) is 17.2 Å². The number of non-ortho nitro benzene ring substituents is 1. The number of rotatable bonds is 12. The van der Waals surface area contributed by atoms with E-state index in [1.807, 2.05) is 0 Å². The highest BCUT2D eigenvalue weighted by molar-refractivity contribution is 8.19. The molecule has 2 aliphatic heterocycles. The first-order chi connectivity index (χ1) is 21.6. The van der Waals surface area contributed by atoms with Gasteiger partial charge < -0.3 is 14.4 Å². The van der Waals surface area contributed by atoms with Crippen LogP contribution < -0.4 is 14.4 Å². The predicted molar refractivity (Wildman–Crippen MR) is 172 cm³/mol. The normalized spacial score (nSPS) is 17.2. The molecule has 5 rings (SSSR count). The molecule has 12 nitrogen and oxygen atoms in total. The molecule has 2 aliphatic rings. The van der Waals surface area contributed by atoms with Crippen molar-refractivity contribution in [2.45, 2.75) is 12.8 Å². The second-order valence-electron chi connectivity index (χ2n) is 10.5. The number of piperazine rings is 1. The van der Waals surface area contributed by atoms with E-state index in [9.17, 15) is 28.1 Å². The fourth-order valence-corrected chi connectivity index (χ4v) is 6.52. The first-order valence-corrected chi connectivity index (χ1v) is 16.9. The fourth-order valence-electron chi connectivity index (χ4n) is 4.85. The molecule has 0 aromatic heterocycles. The third kappa shape index (κ3) is 8.48. The highest BCUT2D eigenvalue weighted by Crippen LogP contribution is 2.36. The van der Waals surface area contributed by atoms with Crippen LogP contribution in [0.25, 0.3) is 6.08 Å². The molecule has 0 atom stereocenters. The average molecular weight is 653 g/mol. The van der Waals surface area contributed by atoms with Crippen molar-refractivity contribution in [2.24, 2.45) is 0 Å². The van der Waals surface area contributed by atoms with Crippen LogP contribution in [0.5, 0.6) is 17.2 Å². The monoisotopic (exact) mass is 652 g/mol. The van der Waals surface area contributed by atoms with Crippen molar-refractivity contribution >= 4 is 50.4 Å². The minimum atomic E-state index is -3.13. The number of nitro benzene ring substituents is 1. The van der Waals surface area contributed by atoms with Gasteiger partial charge in [-0.3, -0.25) is 19.7 Å². The molecule has 0 saturated carbocycles. The summed E-state index contributed by atoms with van der Waals surface area (Å²) in [7, 11) is -3.13. The van der Waals surface area contributed by atoms with Crippen LogP contribution in [0.3, 0.4) is 0 Å². The van der Waals surface area contributed by atoms with Gasteiger partial charge in [-0.2, -0.15) is 4.31 Å². The number of amides is 2. The zero-order chi connectivity index (χ0) is 32.0. The summed E-state index contributed by atoms with van der Waals surface area (Å²) in [6.45, 7) is 3.90. The molecule has 0 bridgehead atoms. The second-order valence-corrected chi connectivity index (χ2v) is 13.5. The lowest BCUT2D eigenvalue weighted by atomic mass is 10.2. The molecule has 0 radical (unpaired) electrons. The second kappa shape index (κ2) is 14.2. The summed E-state index contributed by atoms with van der Waals surface area (Å²) in [5.41, 5.74) is 1.13. The van der Waals surface area contributed by atoms with E-state index < -0.39 is 26.1 Å². The number of benzene rings is 3. The van der Waals surface area contributed by atoms with Crippen LogP contribution in [0.4, 0.5) is 16.2 Å². The minimum Gasteiger partial charge on any atom is -0.494 e. The average Bonchev–Trinajstić information content (AvgIpc) is 3.30. The summed E-state index contributed by atoms with van der Waals surface area (Å²) >= 11 is 0.863. The largest absolute Gasteiger partial charge is 0.494 e. The van der Waals surface area contributed by atoms with E-state index in [1.54, 1.807) is 54.6 Å². The lowest BCUT2D eigenvalue weighted by Gasteiger charge is -2.33. The van der Waals surface area contributed by atoms with Crippen molar-refractivity contribution in [1.82, 2.24) is 9.21 Å². The first-order valence-electron chi connectivity index (χ1n) is 14.3. The minimum absolute atomic E-state index is 0.0278. The summed E-state index contributed by atoms with van der Waals surface area (Å²) in [5.74, 6) is 1.19. The summed E-state index contributed by atoms with van der Waals surface area (Å²) in [5, 5.41) is 10.4. The number of imide groups is 1. The summed E-state index contributed by atoms with van der Waals surface area (Å²) in [6.07, 6.45) is 4.65. The smallest absolute Gasteiger partial charge is 0.298 e. The molecule has 2 saturated heterocycles. The Kier molecular flexibility index (Phi) is 10.2. The van der Waals surface area contributed by atoms with Gasteiger partial charge in [0.2, 0.25) is 10.0 Å². The molecular weight excluding hydrogens is 620 g/mol. The van der Waals surface area contributed by atoms with E-state index in [0.29, 0.717) is 53.1 Å². The maximum absolute atomic E-state index is 13.1. The zero-order valence-electron chi connectivity index (χ0n) is 24.5. The van der Waals surface area contributed by atoms with Crippen LogP contribution >= 0.6 is 11.8 Å². The molecular formula is C31H32N4O8S2. The predicted octanol–water partition coefficient (Wildman–Crippen LogP) is 5.36. The SMILES string of the molecule is CS(=O)(=O)N1CCN(CCCCOc2ccc(N3C(=O)SC(=Cc4ccc(Oc5ccc([N+](=O)[O-])cc5)cc4)C3=O)cc2)CC1. The third-order valence-electron chi connectivity index (χ3n) is 7.29. The highest BCUT2D eigenvalue weighted by Gasteiger charge is 2.36. The Hall–Kier alpha value is -4.24. The number of carbonyl (C=O) groups excluding carboxylic acids is 2. The van der Waals surface area contributed by atoms with Crippen LogP contribution in [0, 0.1) is 10.1 Å². The van der Waals surface area contributed by atoms with Crippen LogP contribution in [0.2, 0.25) is 0 Å². The Morgan fingerprint density at radius 1 is 0.867 bits per heavy atom. The summed E-state index contributed by atoms with van der Waals surface area (Å²) < 4.78 is 36.4. The standard InChI is InChI=1S/C31H32N4O8S2/c1-45(40,41)33-19-17-32(18-20-33)16-2-3-21-42-26-12-6-24(7-13-26)34-30(36)29(44-31(34)37)22-23-4-10-27(11-5-23)43-28-14-8-25(9-15-28)35(38)39/h4-15,22H,2-3,16-21H2,1H3. The quantitative estimate of drug-likeness (QED) is 0.109. The molecule has 3 aromatic carbocycles. The first kappa shape index (κ1) is 32.2. The number of hydrogen-bond acceptors (Lipinski definition) is 10. The number of sulfonamides is 1. The van der Waals surface area contributed by atoms with E-state index in [2.05, 4.69) is 4.90 Å². The number of hydrogen-bond donors (Lipinski definition) is 0. The van der Waals surface area contributed by atoms with Gasteiger partial charge >= 0.3 is 0 Å². The maximum atomic E-state index is 13.1. The van der Waals surface area contributed by atoms with E-state index in [-0.39, 0.29) is 5.69 Å². The van der Waals surface area contributed by atoms with Crippen molar-refractivity contribution in [1.29, 1.82) is 0 Å². The Morgan fingerprint density at radius 2 is 1.47 bits per heavy atom. The fraction of sp³-hybridized carbons (Fsp3) is 0.290. The zero-order valence-corrected chi connectivity index (χ0v) is 26.2. The van der Waals surface area contributed by atoms with Crippen molar-refractivity contribution in [3.05, 3.63) is 93.4 Å². The number of ether oxygens (including phenoxy) is 2. The molecule has 14 heteroatoms. The van der Waals surface area contributed by atoms with Gasteiger partial charge in [-0.25, -0.2) is 13.3 Å². The van der Waals surface area contributed by atoms with Gasteiger partial charge in [0, 0.05) is 38.3 Å². The van der Waals surface area contributed by atoms with Crippen LogP contribution in [-0.2, 0) is 14.8 Å². The topological polar surface area (TPSA) is 140 Å². The van der Waals surface area contributed by atoms with Gasteiger partial charge in [-0.05, 0) is 91.3 Å². The molecule has 0 unspecified atom stereocenters. The Morgan fingerprint density at radius 3 is 2.07 bits per heavy atom. The van der Waals surface area contributed by atoms with Crippen molar-refractivity contribution in [3.8, 4) is 17.2 Å². The number of thioether (sulfide) groups is 1. The lowest BCUT2D eigenvalue weighted by molar-refractivity contribution is -0.384. The van der Waals surface area contributed by atoms with Gasteiger partial charge in [-0.15, -0.1) is 0 Å². The van der Waals surface area contributed by atoms with E-state index in [4.69, 9.17) is 9.47 Å². The van der Waals surface area contributed by atoms with Gasteiger partial charge in [-0.1, -0.05) is 12.1 Å². The molecule has 45 heavy (non-hydrogen) atoms. The lowest BCUT2D eigenvalue weighted by Crippen LogP contribution is -2.48. The third-order valence-corrected chi connectivity index (χ3v) is 9.46.